The van der Waals surface area contributed by atoms with Crippen LogP contribution >= 0.6 is 0 Å². The van der Waals surface area contributed by atoms with Crippen molar-refractivity contribution in [1.29, 1.82) is 0 Å². The lowest BCUT2D eigenvalue weighted by atomic mass is 9.92. The van der Waals surface area contributed by atoms with Gasteiger partial charge in [-0.3, -0.25) is 15.0 Å². The van der Waals surface area contributed by atoms with Crippen LogP contribution in [0.15, 0.2) is 12.4 Å². The summed E-state index contributed by atoms with van der Waals surface area (Å²) < 4.78 is 1.81. The Morgan fingerprint density at radius 1 is 1.52 bits per heavy atom. The monoisotopic (exact) mass is 323 g/mol. The maximum absolute atomic E-state index is 11.9. The fourth-order valence-corrected chi connectivity index (χ4v) is 2.94. The maximum atomic E-state index is 11.9. The minimum Gasteiger partial charge on any atom is -0.385 e. The zero-order valence-corrected chi connectivity index (χ0v) is 13.7. The molecular weight excluding hydrogens is 298 g/mol. The zero-order valence-electron chi connectivity index (χ0n) is 13.7. The topological polar surface area (TPSA) is 99.5 Å². The van der Waals surface area contributed by atoms with Crippen molar-refractivity contribution in [3.05, 3.63) is 18.2 Å². The fourth-order valence-electron chi connectivity index (χ4n) is 2.94. The molecule has 1 fully saturated rings. The summed E-state index contributed by atoms with van der Waals surface area (Å²) in [5.74, 6) is 0.342. The van der Waals surface area contributed by atoms with Gasteiger partial charge in [0.1, 0.15) is 11.9 Å². The predicted octanol–water partition coefficient (Wildman–Crippen LogP) is 0.0112. The Labute approximate surface area is 135 Å². The smallest absolute Gasteiger partial charge is 0.321 e. The van der Waals surface area contributed by atoms with Gasteiger partial charge >= 0.3 is 6.03 Å². The van der Waals surface area contributed by atoms with Crippen molar-refractivity contribution in [2.75, 3.05) is 26.2 Å². The van der Waals surface area contributed by atoms with Gasteiger partial charge in [-0.2, -0.15) is 0 Å². The molecule has 0 spiro atoms. The Morgan fingerprint density at radius 2 is 2.30 bits per heavy atom. The van der Waals surface area contributed by atoms with Gasteiger partial charge < -0.3 is 15.0 Å². The van der Waals surface area contributed by atoms with Crippen molar-refractivity contribution >= 4 is 11.9 Å². The molecule has 1 aliphatic rings. The van der Waals surface area contributed by atoms with E-state index in [1.807, 2.05) is 16.5 Å². The first-order chi connectivity index (χ1) is 11.0. The predicted molar refractivity (Wildman–Crippen MR) is 84.5 cm³/mol. The molecule has 2 rings (SSSR count). The lowest BCUT2D eigenvalue weighted by Gasteiger charge is -2.34. The van der Waals surface area contributed by atoms with E-state index in [4.69, 9.17) is 0 Å². The van der Waals surface area contributed by atoms with Crippen molar-refractivity contribution < 1.29 is 14.7 Å². The minimum absolute atomic E-state index is 0.0297. The molecule has 0 aromatic carbocycles. The number of hydrogen-bond donors (Lipinski definition) is 3. The van der Waals surface area contributed by atoms with E-state index in [0.717, 1.165) is 19.4 Å². The zero-order chi connectivity index (χ0) is 16.8. The van der Waals surface area contributed by atoms with Crippen LogP contribution in [0.3, 0.4) is 0 Å². The number of aromatic nitrogens is 2. The quantitative estimate of drug-likeness (QED) is 0.709. The number of carbonyl (C=O) groups excluding carboxylic acids is 2. The van der Waals surface area contributed by atoms with Gasteiger partial charge in [-0.05, 0) is 26.3 Å². The highest BCUT2D eigenvalue weighted by Crippen LogP contribution is 2.28. The molecule has 2 heterocycles. The number of aliphatic hydroxyl groups excluding tert-OH is 1. The van der Waals surface area contributed by atoms with Crippen molar-refractivity contribution in [2.24, 2.45) is 13.0 Å². The molecule has 8 nitrogen and oxygen atoms in total. The molecule has 1 aliphatic heterocycles. The van der Waals surface area contributed by atoms with Crippen LogP contribution in [0.2, 0.25) is 0 Å². The molecular formula is C15H25N5O3. The average Bonchev–Trinajstić information content (AvgIpc) is 2.93. The first-order valence-electron chi connectivity index (χ1n) is 7.96. The minimum atomic E-state index is -0.649. The van der Waals surface area contributed by atoms with Crippen molar-refractivity contribution in [2.45, 2.75) is 25.9 Å². The number of hydrogen-bond acceptors (Lipinski definition) is 5. The van der Waals surface area contributed by atoms with E-state index in [9.17, 15) is 14.7 Å². The molecule has 3 N–H and O–H groups in total. The standard InChI is InChI=1S/C15H25N5O3/c1-3-16-15(23)18-12(21)10-20-7-4-5-11(9-20)13(22)14-17-6-8-19(14)2/h6,8,11,13,22H,3-5,7,9-10H2,1-2H3,(H2,16,18,21,23)/t11-,13+/m0/s1. The van der Waals surface area contributed by atoms with E-state index in [1.54, 1.807) is 19.3 Å². The highest BCUT2D eigenvalue weighted by molar-refractivity contribution is 5.95. The van der Waals surface area contributed by atoms with Crippen LogP contribution in [0.1, 0.15) is 31.7 Å². The third-order valence-electron chi connectivity index (χ3n) is 4.07. The van der Waals surface area contributed by atoms with Gasteiger partial charge in [0.15, 0.2) is 0 Å². The molecule has 1 aromatic rings. The van der Waals surface area contributed by atoms with Gasteiger partial charge in [-0.25, -0.2) is 9.78 Å². The van der Waals surface area contributed by atoms with Crippen LogP contribution in [0, 0.1) is 5.92 Å². The number of rotatable bonds is 5. The van der Waals surface area contributed by atoms with E-state index in [1.165, 1.54) is 0 Å². The molecule has 0 aliphatic carbocycles. The largest absolute Gasteiger partial charge is 0.385 e. The molecule has 0 saturated carbocycles. The highest BCUT2D eigenvalue weighted by Gasteiger charge is 2.29. The van der Waals surface area contributed by atoms with Gasteiger partial charge in [0.2, 0.25) is 5.91 Å². The summed E-state index contributed by atoms with van der Waals surface area (Å²) in [5, 5.41) is 15.3. The van der Waals surface area contributed by atoms with Crippen LogP contribution < -0.4 is 10.6 Å². The number of carbonyl (C=O) groups is 2. The molecule has 23 heavy (non-hydrogen) atoms. The Kier molecular flexibility index (Phi) is 6.12. The van der Waals surface area contributed by atoms with E-state index in [-0.39, 0.29) is 18.4 Å². The summed E-state index contributed by atoms with van der Waals surface area (Å²) in [6.45, 7) is 3.81. The third kappa shape index (κ3) is 4.77. The Morgan fingerprint density at radius 3 is 2.96 bits per heavy atom. The number of imidazole rings is 1. The third-order valence-corrected chi connectivity index (χ3v) is 4.07. The van der Waals surface area contributed by atoms with Crippen molar-refractivity contribution in [3.8, 4) is 0 Å². The van der Waals surface area contributed by atoms with E-state index >= 15 is 0 Å². The summed E-state index contributed by atoms with van der Waals surface area (Å²) in [6.07, 6.45) is 4.62. The van der Waals surface area contributed by atoms with Crippen LogP contribution in [-0.4, -0.2) is 57.7 Å². The summed E-state index contributed by atoms with van der Waals surface area (Å²) in [6, 6.07) is -0.473. The van der Waals surface area contributed by atoms with E-state index in [0.29, 0.717) is 18.9 Å². The molecule has 2 atom stereocenters. The Bertz CT molecular complexity index is 545. The van der Waals surface area contributed by atoms with Gasteiger partial charge in [0, 0.05) is 38.4 Å². The molecule has 1 saturated heterocycles. The average molecular weight is 323 g/mol. The second kappa shape index (κ2) is 8.07. The molecule has 128 valence electrons. The summed E-state index contributed by atoms with van der Waals surface area (Å²) in [4.78, 5) is 29.4. The number of piperidine rings is 1. The SMILES string of the molecule is CCNC(=O)NC(=O)CN1CCC[C@H]([C@@H](O)c2nccn2C)C1. The Balaban J connectivity index is 1.87. The number of aliphatic hydroxyl groups is 1. The fraction of sp³-hybridized carbons (Fsp3) is 0.667. The highest BCUT2D eigenvalue weighted by atomic mass is 16.3. The van der Waals surface area contributed by atoms with Gasteiger partial charge in [-0.1, -0.05) is 0 Å². The van der Waals surface area contributed by atoms with Crippen LogP contribution in [-0.2, 0) is 11.8 Å². The van der Waals surface area contributed by atoms with Crippen LogP contribution in [0.5, 0.6) is 0 Å². The number of nitrogens with zero attached hydrogens (tertiary/aromatic N) is 3. The number of likely N-dealkylation sites (tertiary alicyclic amines) is 1. The number of amides is 3. The second-order valence-electron chi connectivity index (χ2n) is 5.89. The molecule has 8 heteroatoms. The first kappa shape index (κ1) is 17.4. The number of urea groups is 1. The van der Waals surface area contributed by atoms with Gasteiger partial charge in [-0.15, -0.1) is 0 Å². The van der Waals surface area contributed by atoms with E-state index < -0.39 is 12.1 Å². The number of nitrogens with one attached hydrogen (secondary N) is 2. The maximum Gasteiger partial charge on any atom is 0.321 e. The van der Waals surface area contributed by atoms with E-state index in [2.05, 4.69) is 15.6 Å². The molecule has 1 aromatic heterocycles. The first-order valence-corrected chi connectivity index (χ1v) is 7.96. The summed E-state index contributed by atoms with van der Waals surface area (Å²) in [5.41, 5.74) is 0. The lowest BCUT2D eigenvalue weighted by molar-refractivity contribution is -0.121. The summed E-state index contributed by atoms with van der Waals surface area (Å²) >= 11 is 0. The molecule has 0 radical (unpaired) electrons. The Hall–Kier alpha value is -1.93. The lowest BCUT2D eigenvalue weighted by Crippen LogP contribution is -2.47. The van der Waals surface area contributed by atoms with Crippen LogP contribution in [0.4, 0.5) is 4.79 Å². The van der Waals surface area contributed by atoms with Gasteiger partial charge in [0.25, 0.3) is 0 Å². The number of imide groups is 1. The van der Waals surface area contributed by atoms with Gasteiger partial charge in [0.05, 0.1) is 6.54 Å². The second-order valence-corrected chi connectivity index (χ2v) is 5.89. The summed E-state index contributed by atoms with van der Waals surface area (Å²) in [7, 11) is 1.85. The number of aryl methyl sites for hydroxylation is 1. The molecule has 0 bridgehead atoms. The van der Waals surface area contributed by atoms with Crippen LogP contribution in [0.25, 0.3) is 0 Å². The van der Waals surface area contributed by atoms with Crippen molar-refractivity contribution in [1.82, 2.24) is 25.1 Å². The normalized spacial score (nSPS) is 20.0. The molecule has 0 unspecified atom stereocenters. The van der Waals surface area contributed by atoms with Crippen molar-refractivity contribution in [3.63, 3.8) is 0 Å². The molecule has 3 amide bonds.